The lowest BCUT2D eigenvalue weighted by Gasteiger charge is -2.29. The Labute approximate surface area is 327 Å². The van der Waals surface area contributed by atoms with Crippen LogP contribution in [0, 0.1) is 0 Å². The van der Waals surface area contributed by atoms with Crippen LogP contribution in [0.25, 0.3) is 0 Å². The van der Waals surface area contributed by atoms with Gasteiger partial charge in [-0.25, -0.2) is 33.7 Å². The second-order valence-electron chi connectivity index (χ2n) is 15.4. The van der Waals surface area contributed by atoms with Crippen molar-refractivity contribution in [3.05, 3.63) is 36.4 Å². The number of H-pyrrole nitrogens is 1. The molecule has 0 aliphatic carbocycles. The number of rotatable bonds is 8. The zero-order valence-electron chi connectivity index (χ0n) is 33.7. The second-order valence-corrected chi connectivity index (χ2v) is 15.4. The molecule has 0 bridgehead atoms. The van der Waals surface area contributed by atoms with Gasteiger partial charge in [0.05, 0.1) is 31.3 Å². The van der Waals surface area contributed by atoms with E-state index < -0.39 is 52.9 Å². The van der Waals surface area contributed by atoms with Crippen molar-refractivity contribution in [1.29, 1.82) is 0 Å². The van der Waals surface area contributed by atoms with Crippen molar-refractivity contribution < 1.29 is 53.1 Å². The molecule has 2 heterocycles. The molecule has 17 nitrogen and oxygen atoms in total. The quantitative estimate of drug-likeness (QED) is 0.156. The van der Waals surface area contributed by atoms with Crippen molar-refractivity contribution in [1.82, 2.24) is 29.7 Å². The predicted octanol–water partition coefficient (Wildman–Crippen LogP) is 5.07. The van der Waals surface area contributed by atoms with Crippen molar-refractivity contribution >= 4 is 51.5 Å². The number of carbonyl (C=O) groups excluding carboxylic acids is 4. The summed E-state index contributed by atoms with van der Waals surface area (Å²) in [4.78, 5) is 58.5. The highest BCUT2D eigenvalue weighted by atomic mass is 32.1. The van der Waals surface area contributed by atoms with Crippen LogP contribution in [-0.2, 0) is 36.5 Å². The van der Waals surface area contributed by atoms with Crippen LogP contribution < -0.4 is 5.32 Å². The van der Waals surface area contributed by atoms with Crippen LogP contribution in [-0.4, -0.2) is 121 Å². The molecule has 0 spiro atoms. The van der Waals surface area contributed by atoms with Crippen LogP contribution in [0.4, 0.5) is 19.2 Å². The summed E-state index contributed by atoms with van der Waals surface area (Å²) >= 11 is 0. The fraction of sp³-hybridized carbons (Fsp3) is 0.706. The first-order valence-electron chi connectivity index (χ1n) is 16.4. The van der Waals surface area contributed by atoms with E-state index in [2.05, 4.69) is 25.0 Å². The number of aromatic nitrogens is 4. The molecule has 0 aliphatic heterocycles. The Hall–Kier alpha value is -3.52. The second kappa shape index (κ2) is 24.0. The van der Waals surface area contributed by atoms with Crippen LogP contribution in [0.1, 0.15) is 94.5 Å². The predicted molar refractivity (Wildman–Crippen MR) is 209 cm³/mol. The summed E-state index contributed by atoms with van der Waals surface area (Å²) in [5.74, 6) is 0. The van der Waals surface area contributed by atoms with Gasteiger partial charge in [-0.2, -0.15) is 27.0 Å². The molecule has 2 aromatic rings. The average Bonchev–Trinajstić information content (AvgIpc) is 3.63. The lowest BCUT2D eigenvalue weighted by molar-refractivity contribution is -0.0294. The molecular formula is C34H64N6O11S2. The standard InChI is InChI=1S/C17H29N3O5.C10H18O5.C7H13N3O.2H2S/c1-16(2,3)24-14(22)19(7)13(10-21)8-12-9-20(11-18-12)15(23)25-17(4,5)6;1-9(2,3)14-7(11)13-8(12)15-10(4,5)6;1-8-7(4-11)2-6-3-9-5-10-6;;/h9,11,13,21H,8,10H2,1-7H3;1-6H3;3,5,7-8,11H,2,4H2,1H3,(H,9,10);2*1H2/t13-;;7-;;/m0.0../s1. The largest absolute Gasteiger partial charge is 0.519 e. The summed E-state index contributed by atoms with van der Waals surface area (Å²) in [6.07, 6.45) is 4.17. The molecule has 2 atom stereocenters. The van der Waals surface area contributed by atoms with Crippen molar-refractivity contribution in [3.8, 4) is 0 Å². The highest BCUT2D eigenvalue weighted by Gasteiger charge is 2.27. The third-order valence-electron chi connectivity index (χ3n) is 5.72. The van der Waals surface area contributed by atoms with Crippen molar-refractivity contribution in [2.24, 2.45) is 0 Å². The normalized spacial score (nSPS) is 12.4. The number of hydrogen-bond donors (Lipinski definition) is 4. The van der Waals surface area contributed by atoms with Gasteiger partial charge in [-0.1, -0.05) is 0 Å². The molecule has 0 saturated carbocycles. The SMILES string of the molecule is CC(C)(C)OC(=O)OC(=O)OC(C)(C)C.CN(C(=O)OC(C)(C)C)[C@H](CO)Cc1cn(C(=O)OC(C)(C)C)cn1.CN[C@H](CO)Cc1cnc[nH]1.S.S. The Bertz CT molecular complexity index is 1320. The highest BCUT2D eigenvalue weighted by molar-refractivity contribution is 7.59. The van der Waals surface area contributed by atoms with Gasteiger partial charge in [-0.05, 0) is 90.1 Å². The summed E-state index contributed by atoms with van der Waals surface area (Å²) in [6.45, 7) is 20.6. The molecule has 1 amide bonds. The Kier molecular flexibility index (Phi) is 24.4. The Morgan fingerprint density at radius 3 is 1.68 bits per heavy atom. The summed E-state index contributed by atoms with van der Waals surface area (Å²) in [5.41, 5.74) is -1.02. The van der Waals surface area contributed by atoms with E-state index in [-0.39, 0.29) is 52.7 Å². The maximum atomic E-state index is 12.1. The van der Waals surface area contributed by atoms with Gasteiger partial charge in [0.1, 0.15) is 28.7 Å². The van der Waals surface area contributed by atoms with Gasteiger partial charge in [0, 0.05) is 44.0 Å². The first-order valence-corrected chi connectivity index (χ1v) is 16.4. The van der Waals surface area contributed by atoms with E-state index in [0.29, 0.717) is 5.69 Å². The summed E-state index contributed by atoms with van der Waals surface area (Å²) < 4.78 is 25.6. The number of nitrogens with one attached hydrogen (secondary N) is 2. The Morgan fingerprint density at radius 1 is 0.811 bits per heavy atom. The van der Waals surface area contributed by atoms with Crippen LogP contribution in [0.3, 0.4) is 0 Å². The fourth-order valence-corrected chi connectivity index (χ4v) is 3.46. The van der Waals surface area contributed by atoms with E-state index in [1.165, 1.54) is 22.0 Å². The van der Waals surface area contributed by atoms with Gasteiger partial charge >= 0.3 is 24.5 Å². The number of hydrogen-bond acceptors (Lipinski definition) is 14. The molecular weight excluding hydrogens is 733 g/mol. The van der Waals surface area contributed by atoms with E-state index in [1.54, 1.807) is 103 Å². The van der Waals surface area contributed by atoms with Crippen molar-refractivity contribution in [3.63, 3.8) is 0 Å². The molecule has 0 saturated heterocycles. The summed E-state index contributed by atoms with van der Waals surface area (Å²) in [6, 6.07) is -0.396. The lowest BCUT2D eigenvalue weighted by atomic mass is 10.1. The monoisotopic (exact) mass is 796 g/mol. The molecule has 2 rings (SSSR count). The number of ether oxygens (including phenoxy) is 5. The van der Waals surface area contributed by atoms with E-state index in [9.17, 15) is 24.3 Å². The van der Waals surface area contributed by atoms with Gasteiger partial charge in [-0.15, -0.1) is 0 Å². The number of amides is 1. The van der Waals surface area contributed by atoms with Gasteiger partial charge < -0.3 is 49.1 Å². The highest BCUT2D eigenvalue weighted by Crippen LogP contribution is 2.15. The van der Waals surface area contributed by atoms with E-state index in [1.807, 2.05) is 7.05 Å². The van der Waals surface area contributed by atoms with Crippen LogP contribution >= 0.6 is 27.0 Å². The topological polar surface area (TPSA) is 217 Å². The molecule has 2 aromatic heterocycles. The number of carbonyl (C=O) groups is 4. The molecule has 308 valence electrons. The number of aliphatic hydroxyl groups excluding tert-OH is 2. The number of aliphatic hydroxyl groups is 2. The zero-order chi connectivity index (χ0) is 39.8. The van der Waals surface area contributed by atoms with Gasteiger partial charge in [0.25, 0.3) is 0 Å². The number of nitrogens with zero attached hydrogens (tertiary/aromatic N) is 4. The van der Waals surface area contributed by atoms with Gasteiger partial charge in [-0.3, -0.25) is 0 Å². The molecule has 0 aromatic carbocycles. The lowest BCUT2D eigenvalue weighted by Crippen LogP contribution is -2.43. The summed E-state index contributed by atoms with van der Waals surface area (Å²) in [5, 5.41) is 21.4. The van der Waals surface area contributed by atoms with Crippen LogP contribution in [0.5, 0.6) is 0 Å². The molecule has 0 aliphatic rings. The van der Waals surface area contributed by atoms with E-state index in [4.69, 9.17) is 24.1 Å². The van der Waals surface area contributed by atoms with Crippen LogP contribution in [0.2, 0.25) is 0 Å². The molecule has 19 heteroatoms. The molecule has 53 heavy (non-hydrogen) atoms. The first-order chi connectivity index (χ1) is 23.2. The maximum Gasteiger partial charge on any atom is 0.519 e. The van der Waals surface area contributed by atoms with Gasteiger partial charge in [0.2, 0.25) is 0 Å². The Morgan fingerprint density at radius 2 is 1.30 bits per heavy atom. The van der Waals surface area contributed by atoms with E-state index >= 15 is 0 Å². The molecule has 0 fully saturated rings. The van der Waals surface area contributed by atoms with Gasteiger partial charge in [0.15, 0.2) is 0 Å². The first kappa shape index (κ1) is 53.8. The minimum Gasteiger partial charge on any atom is -0.444 e. The fourth-order valence-electron chi connectivity index (χ4n) is 3.46. The van der Waals surface area contributed by atoms with Crippen molar-refractivity contribution in [2.45, 2.75) is 130 Å². The maximum absolute atomic E-state index is 12.1. The molecule has 0 radical (unpaired) electrons. The third kappa shape index (κ3) is 26.8. The minimum atomic E-state index is -1.06. The van der Waals surface area contributed by atoms with Crippen LogP contribution in [0.15, 0.2) is 25.0 Å². The molecule has 0 unspecified atom stereocenters. The minimum absolute atomic E-state index is 0. The average molecular weight is 797 g/mol. The Balaban J connectivity index is -0.000000762. The van der Waals surface area contributed by atoms with E-state index in [0.717, 1.165) is 12.1 Å². The number of imidazole rings is 2. The van der Waals surface area contributed by atoms with Crippen molar-refractivity contribution in [2.75, 3.05) is 27.3 Å². The summed E-state index contributed by atoms with van der Waals surface area (Å²) in [7, 11) is 3.39. The number of likely N-dealkylation sites (N-methyl/N-ethyl adjacent to an activating group) is 2. The number of aromatic amines is 1. The smallest absolute Gasteiger partial charge is 0.444 e. The zero-order valence-corrected chi connectivity index (χ0v) is 35.7. The molecule has 4 N–H and O–H groups in total. The third-order valence-corrected chi connectivity index (χ3v) is 5.72.